The molecule has 5 rings (SSSR count). The molecule has 2 fully saturated rings. The van der Waals surface area contributed by atoms with E-state index in [4.69, 9.17) is 14.2 Å². The van der Waals surface area contributed by atoms with Gasteiger partial charge in [0, 0.05) is 56.9 Å². The van der Waals surface area contributed by atoms with Crippen molar-refractivity contribution in [2.45, 2.75) is 12.8 Å². The summed E-state index contributed by atoms with van der Waals surface area (Å²) in [7, 11) is 4.71. The molecule has 0 radical (unpaired) electrons. The third-order valence-corrected chi connectivity index (χ3v) is 8.21. The highest BCUT2D eigenvalue weighted by molar-refractivity contribution is 6.00. The van der Waals surface area contributed by atoms with Crippen molar-refractivity contribution >= 4 is 29.1 Å². The Balaban J connectivity index is 1.33. The fourth-order valence-electron chi connectivity index (χ4n) is 5.70. The van der Waals surface area contributed by atoms with Crippen LogP contribution in [0.4, 0.5) is 11.4 Å². The number of benzene rings is 3. The lowest BCUT2D eigenvalue weighted by Crippen LogP contribution is -2.49. The zero-order chi connectivity index (χ0) is 31.8. The Hall–Kier alpha value is -4.77. The summed E-state index contributed by atoms with van der Waals surface area (Å²) in [6, 6.07) is 18.1. The molecule has 45 heavy (non-hydrogen) atoms. The molecule has 3 aromatic rings. The summed E-state index contributed by atoms with van der Waals surface area (Å²) in [6.45, 7) is 5.06. The maximum Gasteiger partial charge on any atom is 0.254 e. The predicted molar refractivity (Wildman–Crippen MR) is 173 cm³/mol. The van der Waals surface area contributed by atoms with Gasteiger partial charge in [0.15, 0.2) is 11.5 Å². The second-order valence-electron chi connectivity index (χ2n) is 11.0. The average Bonchev–Trinajstić information content (AvgIpc) is 3.37. The summed E-state index contributed by atoms with van der Waals surface area (Å²) in [6.07, 6.45) is 1.06. The molecule has 0 aliphatic carbocycles. The zero-order valence-electron chi connectivity index (χ0n) is 26.1. The van der Waals surface area contributed by atoms with Gasteiger partial charge >= 0.3 is 0 Å². The highest BCUT2D eigenvalue weighted by Gasteiger charge is 2.26. The Morgan fingerprint density at radius 1 is 0.711 bits per heavy atom. The number of carbonyl (C=O) groups is 3. The molecular formula is C34H41N5O6. The first-order chi connectivity index (χ1) is 21.9. The molecule has 3 amide bonds. The van der Waals surface area contributed by atoms with E-state index in [-0.39, 0.29) is 24.1 Å². The summed E-state index contributed by atoms with van der Waals surface area (Å²) in [5, 5.41) is 6.41. The molecule has 0 unspecified atom stereocenters. The van der Waals surface area contributed by atoms with E-state index in [1.807, 2.05) is 46.2 Å². The van der Waals surface area contributed by atoms with E-state index in [0.29, 0.717) is 67.6 Å². The predicted octanol–water partition coefficient (Wildman–Crippen LogP) is 3.29. The van der Waals surface area contributed by atoms with E-state index in [9.17, 15) is 14.4 Å². The number of amides is 3. The number of rotatable bonds is 9. The van der Waals surface area contributed by atoms with E-state index in [1.54, 1.807) is 45.6 Å². The van der Waals surface area contributed by atoms with Gasteiger partial charge in [-0.3, -0.25) is 14.4 Å². The first-order valence-corrected chi connectivity index (χ1v) is 15.2. The second kappa shape index (κ2) is 14.8. The van der Waals surface area contributed by atoms with Crippen LogP contribution in [0.5, 0.6) is 17.2 Å². The van der Waals surface area contributed by atoms with Crippen molar-refractivity contribution < 1.29 is 28.6 Å². The summed E-state index contributed by atoms with van der Waals surface area (Å²) < 4.78 is 15.9. The van der Waals surface area contributed by atoms with Crippen molar-refractivity contribution in [2.75, 3.05) is 83.9 Å². The quantitative estimate of drug-likeness (QED) is 0.377. The van der Waals surface area contributed by atoms with E-state index in [2.05, 4.69) is 15.5 Å². The van der Waals surface area contributed by atoms with Gasteiger partial charge in [0.05, 0.1) is 39.1 Å². The van der Waals surface area contributed by atoms with E-state index in [0.717, 1.165) is 36.5 Å². The van der Waals surface area contributed by atoms with Crippen LogP contribution >= 0.6 is 0 Å². The van der Waals surface area contributed by atoms with Crippen molar-refractivity contribution in [3.63, 3.8) is 0 Å². The normalized spacial score (nSPS) is 15.2. The van der Waals surface area contributed by atoms with Crippen LogP contribution in [0.1, 0.15) is 32.7 Å². The summed E-state index contributed by atoms with van der Waals surface area (Å²) in [4.78, 5) is 45.9. The summed E-state index contributed by atoms with van der Waals surface area (Å²) >= 11 is 0. The average molecular weight is 616 g/mol. The Morgan fingerprint density at radius 3 is 2.07 bits per heavy atom. The number of carbonyl (C=O) groups excluding carboxylic acids is 3. The van der Waals surface area contributed by atoms with E-state index < -0.39 is 0 Å². The SMILES string of the molecule is COc1ccc(CC(=O)Nc2cc(C(=O)N3CCCNCC3)ccc2N2CCN(C(=O)c3ccc(OC)c(OC)c3)CC2)cc1. The highest BCUT2D eigenvalue weighted by atomic mass is 16.5. The standard InChI is InChI=1S/C34H41N5O6/c1-43-27-9-5-24(6-10-27)21-32(40)36-28-22-25(33(41)38-15-4-13-35-14-16-38)7-11-29(28)37-17-19-39(20-18-37)34(42)26-8-12-30(44-2)31(23-26)45-3/h5-12,22-23,35H,4,13-21H2,1-3H3,(H,36,40). The number of hydrogen-bond acceptors (Lipinski definition) is 8. The van der Waals surface area contributed by atoms with Crippen LogP contribution in [0.25, 0.3) is 0 Å². The topological polar surface area (TPSA) is 113 Å². The van der Waals surface area contributed by atoms with Crippen LogP contribution < -0.4 is 29.7 Å². The number of piperazine rings is 1. The molecule has 238 valence electrons. The number of hydrogen-bond donors (Lipinski definition) is 2. The van der Waals surface area contributed by atoms with Gasteiger partial charge in [-0.15, -0.1) is 0 Å². The molecule has 0 aromatic heterocycles. The lowest BCUT2D eigenvalue weighted by Gasteiger charge is -2.37. The Kier molecular flexibility index (Phi) is 10.4. The van der Waals surface area contributed by atoms with Crippen LogP contribution in [0.3, 0.4) is 0 Å². The van der Waals surface area contributed by atoms with Crippen molar-refractivity contribution in [3.05, 3.63) is 77.4 Å². The molecule has 2 saturated heterocycles. The van der Waals surface area contributed by atoms with Gasteiger partial charge in [0.2, 0.25) is 5.91 Å². The molecule has 2 N–H and O–H groups in total. The molecule has 3 aromatic carbocycles. The minimum Gasteiger partial charge on any atom is -0.497 e. The van der Waals surface area contributed by atoms with E-state index in [1.165, 1.54) is 0 Å². The molecule has 2 aliphatic rings. The molecule has 0 spiro atoms. The Labute approximate surface area is 264 Å². The number of ether oxygens (including phenoxy) is 3. The number of nitrogens with zero attached hydrogens (tertiary/aromatic N) is 3. The fourth-order valence-corrected chi connectivity index (χ4v) is 5.70. The van der Waals surface area contributed by atoms with E-state index >= 15 is 0 Å². The summed E-state index contributed by atoms with van der Waals surface area (Å²) in [5.41, 5.74) is 3.29. The smallest absolute Gasteiger partial charge is 0.254 e. The van der Waals surface area contributed by atoms with Crippen LogP contribution in [0.15, 0.2) is 60.7 Å². The third kappa shape index (κ3) is 7.66. The van der Waals surface area contributed by atoms with Gasteiger partial charge in [0.1, 0.15) is 5.75 Å². The van der Waals surface area contributed by atoms with Crippen LogP contribution in [-0.4, -0.2) is 101 Å². The number of nitrogens with one attached hydrogen (secondary N) is 2. The van der Waals surface area contributed by atoms with Gasteiger partial charge in [-0.25, -0.2) is 0 Å². The second-order valence-corrected chi connectivity index (χ2v) is 11.0. The van der Waals surface area contributed by atoms with Gasteiger partial charge in [-0.05, 0) is 67.1 Å². The molecule has 0 atom stereocenters. The monoisotopic (exact) mass is 615 g/mol. The minimum atomic E-state index is -0.188. The van der Waals surface area contributed by atoms with Gasteiger partial charge in [-0.2, -0.15) is 0 Å². The summed E-state index contributed by atoms with van der Waals surface area (Å²) in [5.74, 6) is 1.46. The van der Waals surface area contributed by atoms with Crippen LogP contribution in [-0.2, 0) is 11.2 Å². The maximum absolute atomic E-state index is 13.5. The first-order valence-electron chi connectivity index (χ1n) is 15.2. The Morgan fingerprint density at radius 2 is 1.38 bits per heavy atom. The lowest BCUT2D eigenvalue weighted by molar-refractivity contribution is -0.115. The molecule has 2 aliphatic heterocycles. The maximum atomic E-state index is 13.5. The molecule has 11 nitrogen and oxygen atoms in total. The van der Waals surface area contributed by atoms with Gasteiger partial charge < -0.3 is 39.5 Å². The fraction of sp³-hybridized carbons (Fsp3) is 0.382. The van der Waals surface area contributed by atoms with Gasteiger partial charge in [-0.1, -0.05) is 12.1 Å². The van der Waals surface area contributed by atoms with Crippen molar-refractivity contribution in [3.8, 4) is 17.2 Å². The molecule has 2 heterocycles. The van der Waals surface area contributed by atoms with Gasteiger partial charge in [0.25, 0.3) is 11.8 Å². The third-order valence-electron chi connectivity index (χ3n) is 8.21. The lowest BCUT2D eigenvalue weighted by atomic mass is 10.1. The van der Waals surface area contributed by atoms with Crippen LogP contribution in [0.2, 0.25) is 0 Å². The molecular weight excluding hydrogens is 574 g/mol. The largest absolute Gasteiger partial charge is 0.497 e. The molecule has 0 saturated carbocycles. The van der Waals surface area contributed by atoms with Crippen molar-refractivity contribution in [2.24, 2.45) is 0 Å². The first kappa shape index (κ1) is 31.6. The minimum absolute atomic E-state index is 0.0544. The zero-order valence-corrected chi connectivity index (χ0v) is 26.1. The Bertz CT molecular complexity index is 1500. The highest BCUT2D eigenvalue weighted by Crippen LogP contribution is 2.31. The van der Waals surface area contributed by atoms with Crippen LogP contribution in [0, 0.1) is 0 Å². The number of methoxy groups -OCH3 is 3. The number of anilines is 2. The van der Waals surface area contributed by atoms with Crippen molar-refractivity contribution in [1.82, 2.24) is 15.1 Å². The molecule has 0 bridgehead atoms. The van der Waals surface area contributed by atoms with Crippen molar-refractivity contribution in [1.29, 1.82) is 0 Å². The molecule has 11 heteroatoms.